The third-order valence-electron chi connectivity index (χ3n) is 3.96. The van der Waals surface area contributed by atoms with Crippen LogP contribution in [0.15, 0.2) is 64.0 Å². The first-order valence-corrected chi connectivity index (χ1v) is 9.34. The predicted octanol–water partition coefficient (Wildman–Crippen LogP) is 3.62. The van der Waals surface area contributed by atoms with Crippen LogP contribution in [-0.2, 0) is 5.60 Å². The van der Waals surface area contributed by atoms with Crippen molar-refractivity contribution in [3.05, 3.63) is 75.8 Å². The van der Waals surface area contributed by atoms with Crippen molar-refractivity contribution >= 4 is 38.8 Å². The molecule has 4 aromatic rings. The molecule has 0 saturated heterocycles. The standard InChI is InChI=1S/C18H14N2O3S2/c21-17(12-5-6-13-14(9-12)25-11-20-13)19-10-18(22,15-3-1-7-23-15)16-4-2-8-24-16/h1-9,11,22H,10H2,(H,19,21)/t18-/m0/s1. The van der Waals surface area contributed by atoms with Crippen molar-refractivity contribution < 1.29 is 14.3 Å². The number of thiophene rings is 1. The molecule has 5 nitrogen and oxygen atoms in total. The van der Waals surface area contributed by atoms with Crippen molar-refractivity contribution in [1.82, 2.24) is 10.3 Å². The Hall–Kier alpha value is -2.48. The monoisotopic (exact) mass is 370 g/mol. The Bertz CT molecular complexity index is 956. The fraction of sp³-hybridized carbons (Fsp3) is 0.111. The molecule has 3 aromatic heterocycles. The van der Waals surface area contributed by atoms with Gasteiger partial charge in [0.15, 0.2) is 5.60 Å². The van der Waals surface area contributed by atoms with Crippen LogP contribution in [0.2, 0.25) is 0 Å². The number of aliphatic hydroxyl groups is 1. The Kier molecular flexibility index (Phi) is 4.12. The molecular weight excluding hydrogens is 356 g/mol. The maximum absolute atomic E-state index is 12.5. The van der Waals surface area contributed by atoms with E-state index in [-0.39, 0.29) is 12.5 Å². The van der Waals surface area contributed by atoms with E-state index < -0.39 is 5.60 Å². The van der Waals surface area contributed by atoms with Gasteiger partial charge in [0, 0.05) is 10.4 Å². The molecule has 126 valence electrons. The Morgan fingerprint density at radius 2 is 2.16 bits per heavy atom. The zero-order chi connectivity index (χ0) is 17.3. The van der Waals surface area contributed by atoms with E-state index in [4.69, 9.17) is 4.42 Å². The zero-order valence-electron chi connectivity index (χ0n) is 13.0. The summed E-state index contributed by atoms with van der Waals surface area (Å²) in [6, 6.07) is 12.4. The lowest BCUT2D eigenvalue weighted by molar-refractivity contribution is 0.0554. The van der Waals surface area contributed by atoms with Crippen molar-refractivity contribution in [2.24, 2.45) is 0 Å². The number of carbonyl (C=O) groups excluding carboxylic acids is 1. The average molecular weight is 370 g/mol. The van der Waals surface area contributed by atoms with Crippen LogP contribution in [0.3, 0.4) is 0 Å². The van der Waals surface area contributed by atoms with E-state index in [9.17, 15) is 9.90 Å². The smallest absolute Gasteiger partial charge is 0.251 e. The summed E-state index contributed by atoms with van der Waals surface area (Å²) in [5.41, 5.74) is 1.75. The van der Waals surface area contributed by atoms with Gasteiger partial charge in [-0.1, -0.05) is 6.07 Å². The molecule has 1 atom stereocenters. The van der Waals surface area contributed by atoms with E-state index in [2.05, 4.69) is 10.3 Å². The lowest BCUT2D eigenvalue weighted by Crippen LogP contribution is -2.41. The Morgan fingerprint density at radius 1 is 1.24 bits per heavy atom. The summed E-state index contributed by atoms with van der Waals surface area (Å²) in [5, 5.41) is 15.9. The molecule has 0 aliphatic heterocycles. The molecule has 0 unspecified atom stereocenters. The molecule has 0 aliphatic carbocycles. The highest BCUT2D eigenvalue weighted by Crippen LogP contribution is 2.32. The van der Waals surface area contributed by atoms with E-state index in [0.29, 0.717) is 16.2 Å². The van der Waals surface area contributed by atoms with Gasteiger partial charge in [-0.2, -0.15) is 0 Å². The van der Waals surface area contributed by atoms with Gasteiger partial charge in [-0.15, -0.1) is 22.7 Å². The summed E-state index contributed by atoms with van der Waals surface area (Å²) >= 11 is 2.90. The maximum Gasteiger partial charge on any atom is 0.251 e. The molecule has 1 amide bonds. The number of benzene rings is 1. The molecule has 4 rings (SSSR count). The van der Waals surface area contributed by atoms with Crippen LogP contribution in [-0.4, -0.2) is 22.5 Å². The second-order valence-electron chi connectivity index (χ2n) is 5.53. The summed E-state index contributed by atoms with van der Waals surface area (Å²) in [7, 11) is 0. The van der Waals surface area contributed by atoms with Gasteiger partial charge in [-0.3, -0.25) is 4.79 Å². The number of rotatable bonds is 5. The van der Waals surface area contributed by atoms with Crippen LogP contribution in [0, 0.1) is 0 Å². The topological polar surface area (TPSA) is 75.4 Å². The third-order valence-corrected chi connectivity index (χ3v) is 5.77. The lowest BCUT2D eigenvalue weighted by atomic mass is 9.98. The van der Waals surface area contributed by atoms with Gasteiger partial charge >= 0.3 is 0 Å². The van der Waals surface area contributed by atoms with Crippen LogP contribution in [0.25, 0.3) is 10.2 Å². The second kappa shape index (κ2) is 6.44. The molecule has 0 bridgehead atoms. The minimum absolute atomic E-state index is 0.0145. The Labute approximate surface area is 151 Å². The van der Waals surface area contributed by atoms with Gasteiger partial charge in [0.2, 0.25) is 0 Å². The minimum atomic E-state index is -1.40. The van der Waals surface area contributed by atoms with E-state index in [1.54, 1.807) is 29.8 Å². The number of fused-ring (bicyclic) bond motifs is 1. The van der Waals surface area contributed by atoms with Crippen LogP contribution < -0.4 is 5.32 Å². The molecule has 7 heteroatoms. The summed E-state index contributed by atoms with van der Waals surface area (Å²) in [5.74, 6) is 0.144. The zero-order valence-corrected chi connectivity index (χ0v) is 14.6. The molecule has 2 N–H and O–H groups in total. The number of nitrogens with one attached hydrogen (secondary N) is 1. The van der Waals surface area contributed by atoms with Gasteiger partial charge in [0.1, 0.15) is 5.76 Å². The van der Waals surface area contributed by atoms with Crippen molar-refractivity contribution in [2.45, 2.75) is 5.60 Å². The highest BCUT2D eigenvalue weighted by molar-refractivity contribution is 7.16. The summed E-state index contributed by atoms with van der Waals surface area (Å²) in [4.78, 5) is 17.4. The first-order chi connectivity index (χ1) is 12.2. The van der Waals surface area contributed by atoms with Gasteiger partial charge in [0.25, 0.3) is 5.91 Å². The van der Waals surface area contributed by atoms with Gasteiger partial charge in [-0.05, 0) is 41.8 Å². The number of hydrogen-bond donors (Lipinski definition) is 2. The highest BCUT2D eigenvalue weighted by Gasteiger charge is 2.36. The molecule has 0 saturated carbocycles. The second-order valence-corrected chi connectivity index (χ2v) is 7.37. The normalized spacial score (nSPS) is 13.6. The quantitative estimate of drug-likeness (QED) is 0.563. The number of furan rings is 1. The fourth-order valence-electron chi connectivity index (χ4n) is 2.63. The minimum Gasteiger partial charge on any atom is -0.466 e. The number of amides is 1. The Balaban J connectivity index is 1.58. The lowest BCUT2D eigenvalue weighted by Gasteiger charge is -2.25. The predicted molar refractivity (Wildman–Crippen MR) is 98.0 cm³/mol. The molecule has 25 heavy (non-hydrogen) atoms. The number of carbonyl (C=O) groups is 1. The summed E-state index contributed by atoms with van der Waals surface area (Å²) in [6.45, 7) is 0.0145. The summed E-state index contributed by atoms with van der Waals surface area (Å²) < 4.78 is 6.36. The van der Waals surface area contributed by atoms with E-state index in [1.165, 1.54) is 28.9 Å². The number of aromatic nitrogens is 1. The molecule has 0 aliphatic rings. The average Bonchev–Trinajstić information content (AvgIpc) is 3.40. The largest absolute Gasteiger partial charge is 0.466 e. The highest BCUT2D eigenvalue weighted by atomic mass is 32.1. The third kappa shape index (κ3) is 2.97. The molecule has 3 heterocycles. The Morgan fingerprint density at radius 3 is 2.92 bits per heavy atom. The molecule has 0 spiro atoms. The number of nitrogens with zero attached hydrogens (tertiary/aromatic N) is 1. The molecule has 1 aromatic carbocycles. The van der Waals surface area contributed by atoms with Crippen molar-refractivity contribution in [3.8, 4) is 0 Å². The summed E-state index contributed by atoms with van der Waals surface area (Å²) in [6.07, 6.45) is 1.51. The van der Waals surface area contributed by atoms with Crippen molar-refractivity contribution in [1.29, 1.82) is 0 Å². The van der Waals surface area contributed by atoms with Crippen LogP contribution >= 0.6 is 22.7 Å². The van der Waals surface area contributed by atoms with E-state index >= 15 is 0 Å². The van der Waals surface area contributed by atoms with Crippen molar-refractivity contribution in [3.63, 3.8) is 0 Å². The van der Waals surface area contributed by atoms with Crippen molar-refractivity contribution in [2.75, 3.05) is 6.54 Å². The van der Waals surface area contributed by atoms with E-state index in [0.717, 1.165) is 10.2 Å². The SMILES string of the molecule is O=C(NC[C@](O)(c1ccco1)c1cccs1)c1ccc2ncsc2c1. The molecule has 0 fully saturated rings. The van der Waals surface area contributed by atoms with Crippen LogP contribution in [0.4, 0.5) is 0 Å². The van der Waals surface area contributed by atoms with Crippen LogP contribution in [0.5, 0.6) is 0 Å². The first kappa shape index (κ1) is 16.0. The number of hydrogen-bond acceptors (Lipinski definition) is 6. The van der Waals surface area contributed by atoms with Crippen LogP contribution in [0.1, 0.15) is 21.0 Å². The maximum atomic E-state index is 12.5. The first-order valence-electron chi connectivity index (χ1n) is 7.58. The van der Waals surface area contributed by atoms with Gasteiger partial charge < -0.3 is 14.8 Å². The fourth-order valence-corrected chi connectivity index (χ4v) is 4.17. The van der Waals surface area contributed by atoms with Gasteiger partial charge in [0.05, 0.1) is 28.5 Å². The van der Waals surface area contributed by atoms with E-state index in [1.807, 2.05) is 23.6 Å². The molecular formula is C18H14N2O3S2. The molecule has 0 radical (unpaired) electrons. The van der Waals surface area contributed by atoms with Gasteiger partial charge in [-0.25, -0.2) is 4.98 Å². The number of thiazole rings is 1.